The molecular formula is C11H14FN5O3. The summed E-state index contributed by atoms with van der Waals surface area (Å²) in [7, 11) is 0. The van der Waals surface area contributed by atoms with Gasteiger partial charge in [0.25, 0.3) is 5.56 Å². The molecule has 3 atom stereocenters. The van der Waals surface area contributed by atoms with E-state index in [0.29, 0.717) is 0 Å². The zero-order chi connectivity index (χ0) is 14.7. The lowest BCUT2D eigenvalue weighted by atomic mass is 9.64. The molecule has 1 aliphatic carbocycles. The molecule has 3 rings (SSSR count). The number of nitrogens with one attached hydrogen (secondary N) is 1. The van der Waals surface area contributed by atoms with Crippen molar-refractivity contribution in [3.8, 4) is 0 Å². The highest BCUT2D eigenvalue weighted by Crippen LogP contribution is 2.53. The molecule has 0 bridgehead atoms. The zero-order valence-electron chi connectivity index (χ0n) is 10.7. The molecule has 0 spiro atoms. The Labute approximate surface area is 112 Å². The minimum atomic E-state index is -2.06. The zero-order valence-corrected chi connectivity index (χ0v) is 10.7. The van der Waals surface area contributed by atoms with Crippen LogP contribution >= 0.6 is 0 Å². The summed E-state index contributed by atoms with van der Waals surface area (Å²) in [5.74, 6) is -0.0958. The fraction of sp³-hybridized carbons (Fsp3) is 0.545. The Kier molecular flexibility index (Phi) is 2.45. The van der Waals surface area contributed by atoms with Crippen LogP contribution in [0.1, 0.15) is 19.4 Å². The maximum absolute atomic E-state index is 14.6. The monoisotopic (exact) mass is 283 g/mol. The van der Waals surface area contributed by atoms with Crippen molar-refractivity contribution in [2.75, 3.05) is 12.3 Å². The maximum Gasteiger partial charge on any atom is 0.280 e. The van der Waals surface area contributed by atoms with Gasteiger partial charge in [-0.15, -0.1) is 0 Å². The summed E-state index contributed by atoms with van der Waals surface area (Å²) in [6, 6.07) is -0.779. The summed E-state index contributed by atoms with van der Waals surface area (Å²) in [5.41, 5.74) is 1.30. The van der Waals surface area contributed by atoms with Gasteiger partial charge in [0.1, 0.15) is 5.60 Å². The summed E-state index contributed by atoms with van der Waals surface area (Å²) in [5, 5.41) is 19.0. The van der Waals surface area contributed by atoms with E-state index in [9.17, 15) is 14.3 Å². The molecule has 9 heteroatoms. The van der Waals surface area contributed by atoms with Crippen LogP contribution in [-0.4, -0.2) is 47.6 Å². The number of aromatic amines is 1. The molecule has 1 aliphatic rings. The summed E-state index contributed by atoms with van der Waals surface area (Å²) in [6.07, 6.45) is 1.28. The van der Waals surface area contributed by atoms with Crippen molar-refractivity contribution in [3.05, 3.63) is 16.7 Å². The molecule has 0 aliphatic heterocycles. The van der Waals surface area contributed by atoms with Crippen LogP contribution < -0.4 is 11.3 Å². The van der Waals surface area contributed by atoms with Gasteiger partial charge < -0.3 is 20.5 Å². The number of rotatable bonds is 2. The van der Waals surface area contributed by atoms with Crippen LogP contribution in [0.5, 0.6) is 0 Å². The van der Waals surface area contributed by atoms with Crippen molar-refractivity contribution in [3.63, 3.8) is 0 Å². The number of hydrogen-bond donors (Lipinski definition) is 4. The van der Waals surface area contributed by atoms with Gasteiger partial charge in [-0.05, 0) is 6.92 Å². The molecule has 0 unspecified atom stereocenters. The Hall–Kier alpha value is -2.00. The van der Waals surface area contributed by atoms with Crippen molar-refractivity contribution in [2.24, 2.45) is 0 Å². The first-order valence-corrected chi connectivity index (χ1v) is 6.04. The Morgan fingerprint density at radius 3 is 3.00 bits per heavy atom. The van der Waals surface area contributed by atoms with E-state index in [1.165, 1.54) is 17.8 Å². The predicted molar refractivity (Wildman–Crippen MR) is 67.8 cm³/mol. The number of H-pyrrole nitrogens is 1. The SMILES string of the molecule is C[C@@]1(F)[C@H](n2cnc3c(=O)[nH]c(N)nc32)C[C@]1(O)CO. The van der Waals surface area contributed by atoms with Gasteiger partial charge in [-0.1, -0.05) is 0 Å². The maximum atomic E-state index is 14.6. The third-order valence-corrected chi connectivity index (χ3v) is 4.11. The molecule has 8 nitrogen and oxygen atoms in total. The number of anilines is 1. The highest BCUT2D eigenvalue weighted by atomic mass is 19.1. The van der Waals surface area contributed by atoms with Crippen molar-refractivity contribution >= 4 is 17.1 Å². The van der Waals surface area contributed by atoms with Crippen LogP contribution in [0.4, 0.5) is 10.3 Å². The van der Waals surface area contributed by atoms with Crippen LogP contribution in [0.2, 0.25) is 0 Å². The molecule has 0 aromatic carbocycles. The fourth-order valence-corrected chi connectivity index (χ4v) is 2.64. The molecule has 0 radical (unpaired) electrons. The van der Waals surface area contributed by atoms with Gasteiger partial charge in [-0.3, -0.25) is 9.78 Å². The van der Waals surface area contributed by atoms with Crippen molar-refractivity contribution < 1.29 is 14.6 Å². The molecule has 2 heterocycles. The van der Waals surface area contributed by atoms with Gasteiger partial charge >= 0.3 is 0 Å². The summed E-state index contributed by atoms with van der Waals surface area (Å²) in [6.45, 7) is 0.513. The Morgan fingerprint density at radius 2 is 2.40 bits per heavy atom. The average molecular weight is 283 g/mol. The number of imidazole rings is 1. The molecule has 108 valence electrons. The molecule has 20 heavy (non-hydrogen) atoms. The van der Waals surface area contributed by atoms with E-state index in [1.807, 2.05) is 0 Å². The van der Waals surface area contributed by atoms with E-state index in [0.717, 1.165) is 0 Å². The number of hydrogen-bond acceptors (Lipinski definition) is 6. The van der Waals surface area contributed by atoms with Gasteiger partial charge in [-0.2, -0.15) is 4.98 Å². The van der Waals surface area contributed by atoms with E-state index >= 15 is 0 Å². The van der Waals surface area contributed by atoms with E-state index in [1.54, 1.807) is 0 Å². The van der Waals surface area contributed by atoms with Crippen molar-refractivity contribution in [1.29, 1.82) is 0 Å². The number of fused-ring (bicyclic) bond motifs is 1. The third-order valence-electron chi connectivity index (χ3n) is 4.11. The van der Waals surface area contributed by atoms with Crippen LogP contribution in [0.25, 0.3) is 11.2 Å². The number of nitrogens with zero attached hydrogens (tertiary/aromatic N) is 3. The van der Waals surface area contributed by atoms with Gasteiger partial charge in [0.2, 0.25) is 5.95 Å². The summed E-state index contributed by atoms with van der Waals surface area (Å²) >= 11 is 0. The molecule has 5 N–H and O–H groups in total. The lowest BCUT2D eigenvalue weighted by Gasteiger charge is -2.54. The second-order valence-electron chi connectivity index (χ2n) is 5.26. The highest BCUT2D eigenvalue weighted by molar-refractivity contribution is 5.70. The number of aromatic nitrogens is 4. The second-order valence-corrected chi connectivity index (χ2v) is 5.26. The standard InChI is InChI=1S/C11H14FN5O3/c1-10(12)5(2-11(10,20)3-18)17-4-14-6-7(17)15-9(13)16-8(6)19/h4-5,18,20H,2-3H2,1H3,(H3,13,15,16,19)/t5-,10-,11+/m1/s1. The molecular weight excluding hydrogens is 269 g/mol. The third kappa shape index (κ3) is 1.44. The quantitative estimate of drug-likeness (QED) is 0.565. The average Bonchev–Trinajstić information content (AvgIpc) is 2.78. The molecule has 2 aromatic heterocycles. The first-order valence-electron chi connectivity index (χ1n) is 6.04. The molecule has 1 saturated carbocycles. The number of aliphatic hydroxyl groups excluding tert-OH is 1. The molecule has 2 aromatic rings. The topological polar surface area (TPSA) is 130 Å². The van der Waals surface area contributed by atoms with Gasteiger partial charge in [0.05, 0.1) is 19.0 Å². The van der Waals surface area contributed by atoms with Crippen LogP contribution in [0.3, 0.4) is 0 Å². The number of halogens is 1. The summed E-state index contributed by atoms with van der Waals surface area (Å²) < 4.78 is 16.0. The minimum Gasteiger partial charge on any atom is -0.393 e. The Bertz CT molecular complexity index is 739. The highest BCUT2D eigenvalue weighted by Gasteiger charge is 2.64. The minimum absolute atomic E-state index is 0.00363. The van der Waals surface area contributed by atoms with E-state index < -0.39 is 29.5 Å². The molecule has 1 fully saturated rings. The molecule has 0 amide bonds. The number of alkyl halides is 1. The smallest absolute Gasteiger partial charge is 0.280 e. The van der Waals surface area contributed by atoms with Crippen LogP contribution in [0, 0.1) is 0 Å². The van der Waals surface area contributed by atoms with Gasteiger partial charge in [0, 0.05) is 6.42 Å². The van der Waals surface area contributed by atoms with Crippen molar-refractivity contribution in [1.82, 2.24) is 19.5 Å². The predicted octanol–water partition coefficient (Wildman–Crippen LogP) is -0.902. The van der Waals surface area contributed by atoms with E-state index in [4.69, 9.17) is 10.8 Å². The largest absolute Gasteiger partial charge is 0.393 e. The second kappa shape index (κ2) is 3.76. The Morgan fingerprint density at radius 1 is 1.70 bits per heavy atom. The van der Waals surface area contributed by atoms with E-state index in [2.05, 4.69) is 15.0 Å². The Balaban J connectivity index is 2.12. The number of nitrogens with two attached hydrogens (primary N) is 1. The van der Waals surface area contributed by atoms with E-state index in [-0.39, 0.29) is 23.5 Å². The van der Waals surface area contributed by atoms with Gasteiger partial charge in [0.15, 0.2) is 16.8 Å². The van der Waals surface area contributed by atoms with Crippen molar-refractivity contribution in [2.45, 2.75) is 30.7 Å². The normalized spacial score (nSPS) is 33.3. The summed E-state index contributed by atoms with van der Waals surface area (Å²) in [4.78, 5) is 21.8. The first-order chi connectivity index (χ1) is 9.30. The lowest BCUT2D eigenvalue weighted by Crippen LogP contribution is -2.67. The lowest BCUT2D eigenvalue weighted by molar-refractivity contribution is -0.221. The van der Waals surface area contributed by atoms with Crippen LogP contribution in [0.15, 0.2) is 11.1 Å². The fourth-order valence-electron chi connectivity index (χ4n) is 2.64. The van der Waals surface area contributed by atoms with Gasteiger partial charge in [-0.25, -0.2) is 9.37 Å². The number of aliphatic hydroxyl groups is 2. The number of nitrogen functional groups attached to an aromatic ring is 1. The van der Waals surface area contributed by atoms with Crippen LogP contribution in [-0.2, 0) is 0 Å². The first kappa shape index (κ1) is 13.0. The molecule has 0 saturated heterocycles.